The second-order valence-electron chi connectivity index (χ2n) is 8.55. The lowest BCUT2D eigenvalue weighted by molar-refractivity contribution is 0.0307. The minimum absolute atomic E-state index is 0.0149. The van der Waals surface area contributed by atoms with Gasteiger partial charge in [0.05, 0.1) is 18.7 Å². The molecule has 2 aliphatic rings. The van der Waals surface area contributed by atoms with Crippen LogP contribution in [0.15, 0.2) is 24.3 Å². The predicted molar refractivity (Wildman–Crippen MR) is 120 cm³/mol. The van der Waals surface area contributed by atoms with Crippen molar-refractivity contribution >= 4 is 17.6 Å². The molecule has 1 aromatic carbocycles. The number of halogens is 1. The number of ether oxygens (including phenoxy) is 1. The molecule has 8 heteroatoms. The third kappa shape index (κ3) is 5.21. The van der Waals surface area contributed by atoms with Crippen molar-refractivity contribution in [3.05, 3.63) is 46.5 Å². The van der Waals surface area contributed by atoms with Crippen LogP contribution in [0.3, 0.4) is 0 Å². The first kappa shape index (κ1) is 22.1. The van der Waals surface area contributed by atoms with Gasteiger partial charge in [-0.2, -0.15) is 0 Å². The van der Waals surface area contributed by atoms with Gasteiger partial charge < -0.3 is 19.5 Å². The van der Waals surface area contributed by atoms with E-state index >= 15 is 0 Å². The monoisotopic (exact) mass is 445 g/mol. The highest BCUT2D eigenvalue weighted by Crippen LogP contribution is 2.32. The van der Waals surface area contributed by atoms with Gasteiger partial charge in [-0.1, -0.05) is 23.7 Å². The number of aryl methyl sites for hydroxylation is 1. The standard InChI is InChI=1S/C23H32ClN5O2/c1-3-31-20-12-10-19(11-13-20)25-23(30)28-14-4-5-21(28)22-27-26-16(2)29(22)15-17-6-8-18(24)9-7-17/h6-9,19-21H,3-5,10-15H2,1-2H3,(H,25,30)/t19?,20?,21-/m1/s1. The molecule has 0 bridgehead atoms. The van der Waals surface area contributed by atoms with E-state index in [1.54, 1.807) is 0 Å². The largest absolute Gasteiger partial charge is 0.379 e. The Morgan fingerprint density at radius 3 is 2.61 bits per heavy atom. The molecule has 31 heavy (non-hydrogen) atoms. The molecule has 7 nitrogen and oxygen atoms in total. The molecule has 1 saturated carbocycles. The number of hydrogen-bond acceptors (Lipinski definition) is 4. The van der Waals surface area contributed by atoms with E-state index in [1.807, 2.05) is 43.0 Å². The Bertz CT molecular complexity index is 877. The van der Waals surface area contributed by atoms with E-state index in [1.165, 1.54) is 0 Å². The topological polar surface area (TPSA) is 72.3 Å². The Kier molecular flexibility index (Phi) is 7.13. The summed E-state index contributed by atoms with van der Waals surface area (Å²) < 4.78 is 7.85. The van der Waals surface area contributed by atoms with Crippen molar-refractivity contribution in [1.29, 1.82) is 0 Å². The highest BCUT2D eigenvalue weighted by Gasteiger charge is 2.35. The molecule has 2 amide bonds. The molecule has 1 aliphatic heterocycles. The maximum Gasteiger partial charge on any atom is 0.318 e. The number of rotatable bonds is 6. The van der Waals surface area contributed by atoms with E-state index in [-0.39, 0.29) is 18.1 Å². The molecule has 4 rings (SSSR count). The smallest absolute Gasteiger partial charge is 0.318 e. The Balaban J connectivity index is 1.43. The van der Waals surface area contributed by atoms with Gasteiger partial charge in [-0.3, -0.25) is 0 Å². The van der Waals surface area contributed by atoms with Crippen LogP contribution in [0, 0.1) is 6.92 Å². The van der Waals surface area contributed by atoms with Crippen LogP contribution in [0.2, 0.25) is 5.02 Å². The van der Waals surface area contributed by atoms with Crippen molar-refractivity contribution in [1.82, 2.24) is 25.0 Å². The van der Waals surface area contributed by atoms with Gasteiger partial charge in [0.25, 0.3) is 0 Å². The van der Waals surface area contributed by atoms with Gasteiger partial charge in [0.1, 0.15) is 5.82 Å². The molecule has 2 fully saturated rings. The fourth-order valence-electron chi connectivity index (χ4n) is 4.76. The minimum Gasteiger partial charge on any atom is -0.379 e. The summed E-state index contributed by atoms with van der Waals surface area (Å²) in [4.78, 5) is 15.1. The van der Waals surface area contributed by atoms with E-state index in [4.69, 9.17) is 16.3 Å². The highest BCUT2D eigenvalue weighted by atomic mass is 35.5. The quantitative estimate of drug-likeness (QED) is 0.711. The van der Waals surface area contributed by atoms with Crippen molar-refractivity contribution in [2.45, 2.75) is 77.1 Å². The van der Waals surface area contributed by atoms with E-state index in [0.717, 1.165) is 73.9 Å². The normalized spacial score (nSPS) is 23.8. The Labute approximate surface area is 189 Å². The third-order valence-corrected chi connectivity index (χ3v) is 6.69. The molecule has 0 radical (unpaired) electrons. The zero-order chi connectivity index (χ0) is 21.8. The fourth-order valence-corrected chi connectivity index (χ4v) is 4.88. The molecule has 168 valence electrons. The number of hydrogen-bond donors (Lipinski definition) is 1. The Hall–Kier alpha value is -2.12. The van der Waals surface area contributed by atoms with Crippen LogP contribution in [0.4, 0.5) is 4.79 Å². The number of nitrogens with zero attached hydrogens (tertiary/aromatic N) is 4. The average Bonchev–Trinajstić information content (AvgIpc) is 3.38. The number of benzene rings is 1. The van der Waals surface area contributed by atoms with Crippen LogP contribution in [-0.4, -0.2) is 51.0 Å². The van der Waals surface area contributed by atoms with Gasteiger partial charge in [0.15, 0.2) is 5.82 Å². The number of nitrogens with one attached hydrogen (secondary N) is 1. The molecular weight excluding hydrogens is 414 g/mol. The summed E-state index contributed by atoms with van der Waals surface area (Å²) in [5.74, 6) is 1.71. The first-order valence-electron chi connectivity index (χ1n) is 11.4. The molecule has 1 atom stereocenters. The Morgan fingerprint density at radius 1 is 1.16 bits per heavy atom. The number of urea groups is 1. The number of aromatic nitrogens is 3. The van der Waals surface area contributed by atoms with Gasteiger partial charge in [0.2, 0.25) is 0 Å². The maximum atomic E-state index is 13.1. The van der Waals surface area contributed by atoms with E-state index in [0.29, 0.717) is 12.6 Å². The number of carbonyl (C=O) groups is 1. The number of amides is 2. The molecule has 1 saturated heterocycles. The van der Waals surface area contributed by atoms with Crippen LogP contribution in [0.5, 0.6) is 0 Å². The second-order valence-corrected chi connectivity index (χ2v) is 8.98. The van der Waals surface area contributed by atoms with Crippen LogP contribution in [-0.2, 0) is 11.3 Å². The number of carbonyl (C=O) groups excluding carboxylic acids is 1. The molecule has 1 N–H and O–H groups in total. The zero-order valence-electron chi connectivity index (χ0n) is 18.4. The van der Waals surface area contributed by atoms with Crippen LogP contribution >= 0.6 is 11.6 Å². The molecule has 1 aliphatic carbocycles. The maximum absolute atomic E-state index is 13.1. The Morgan fingerprint density at radius 2 is 1.90 bits per heavy atom. The van der Waals surface area contributed by atoms with Gasteiger partial charge in [-0.15, -0.1) is 10.2 Å². The summed E-state index contributed by atoms with van der Waals surface area (Å²) in [5, 5.41) is 12.8. The fraction of sp³-hybridized carbons (Fsp3) is 0.609. The van der Waals surface area contributed by atoms with Crippen molar-refractivity contribution in [3.8, 4) is 0 Å². The molecule has 2 heterocycles. The summed E-state index contributed by atoms with van der Waals surface area (Å²) in [6.07, 6.45) is 6.19. The summed E-state index contributed by atoms with van der Waals surface area (Å²) in [5.41, 5.74) is 1.13. The van der Waals surface area contributed by atoms with E-state index < -0.39 is 0 Å². The number of likely N-dealkylation sites (tertiary alicyclic amines) is 1. The summed E-state index contributed by atoms with van der Waals surface area (Å²) in [6, 6.07) is 8.01. The van der Waals surface area contributed by atoms with Crippen molar-refractivity contribution in [3.63, 3.8) is 0 Å². The first-order valence-corrected chi connectivity index (χ1v) is 11.8. The van der Waals surface area contributed by atoms with Crippen LogP contribution in [0.1, 0.15) is 68.7 Å². The molecular formula is C23H32ClN5O2. The second kappa shape index (κ2) is 10.0. The van der Waals surface area contributed by atoms with E-state index in [2.05, 4.69) is 20.1 Å². The predicted octanol–water partition coefficient (Wildman–Crippen LogP) is 4.48. The lowest BCUT2D eigenvalue weighted by Gasteiger charge is -2.32. The van der Waals surface area contributed by atoms with Crippen LogP contribution in [0.25, 0.3) is 0 Å². The lowest BCUT2D eigenvalue weighted by Crippen LogP contribution is -2.46. The van der Waals surface area contributed by atoms with Gasteiger partial charge in [0, 0.05) is 24.2 Å². The summed E-state index contributed by atoms with van der Waals surface area (Å²) in [6.45, 7) is 6.17. The molecule has 2 aromatic rings. The molecule has 0 spiro atoms. The zero-order valence-corrected chi connectivity index (χ0v) is 19.1. The average molecular weight is 446 g/mol. The van der Waals surface area contributed by atoms with Crippen molar-refractivity contribution < 1.29 is 9.53 Å². The van der Waals surface area contributed by atoms with Gasteiger partial charge in [-0.05, 0) is 70.1 Å². The SMILES string of the molecule is CCOC1CCC(NC(=O)N2CCC[C@@H]2c2nnc(C)n2Cc2ccc(Cl)cc2)CC1. The van der Waals surface area contributed by atoms with Gasteiger partial charge >= 0.3 is 6.03 Å². The summed E-state index contributed by atoms with van der Waals surface area (Å²) >= 11 is 6.03. The van der Waals surface area contributed by atoms with Gasteiger partial charge in [-0.25, -0.2) is 4.79 Å². The summed E-state index contributed by atoms with van der Waals surface area (Å²) in [7, 11) is 0. The molecule has 0 unspecified atom stereocenters. The lowest BCUT2D eigenvalue weighted by atomic mass is 9.93. The first-order chi connectivity index (χ1) is 15.0. The van der Waals surface area contributed by atoms with Crippen molar-refractivity contribution in [2.75, 3.05) is 13.2 Å². The van der Waals surface area contributed by atoms with Crippen molar-refractivity contribution in [2.24, 2.45) is 0 Å². The highest BCUT2D eigenvalue weighted by molar-refractivity contribution is 6.30. The minimum atomic E-state index is -0.0479. The van der Waals surface area contributed by atoms with E-state index in [9.17, 15) is 4.79 Å². The molecule has 1 aromatic heterocycles. The van der Waals surface area contributed by atoms with Crippen LogP contribution < -0.4 is 5.32 Å². The third-order valence-electron chi connectivity index (χ3n) is 6.43.